The fourth-order valence-electron chi connectivity index (χ4n) is 3.36. The van der Waals surface area contributed by atoms with Crippen LogP contribution in [0.5, 0.6) is 11.5 Å². The largest absolute Gasteiger partial charge is 0.497 e. The number of hydrogen-bond donors (Lipinski definition) is 1. The summed E-state index contributed by atoms with van der Waals surface area (Å²) in [5.41, 5.74) is 2.93. The van der Waals surface area contributed by atoms with Gasteiger partial charge in [0.05, 0.1) is 37.4 Å². The summed E-state index contributed by atoms with van der Waals surface area (Å²) in [6, 6.07) is 7.52. The Kier molecular flexibility index (Phi) is 6.59. The van der Waals surface area contributed by atoms with E-state index in [0.29, 0.717) is 6.42 Å². The summed E-state index contributed by atoms with van der Waals surface area (Å²) in [5.74, 6) is 1.40. The molecule has 0 aliphatic carbocycles. The maximum atomic E-state index is 12.8. The Bertz CT molecular complexity index is 1020. The molecule has 0 spiro atoms. The fraction of sp³-hybridized carbons (Fsp3) is 0.364. The Morgan fingerprint density at radius 1 is 1.14 bits per heavy atom. The van der Waals surface area contributed by atoms with E-state index in [1.54, 1.807) is 36.9 Å². The molecule has 154 valence electrons. The summed E-state index contributed by atoms with van der Waals surface area (Å²) in [6.07, 6.45) is 0.297. The predicted octanol–water partition coefficient (Wildman–Crippen LogP) is 5.23. The summed E-state index contributed by atoms with van der Waals surface area (Å²) >= 11 is 3.33. The number of carbonyl (C=O) groups is 1. The molecule has 1 unspecified atom stereocenters. The van der Waals surface area contributed by atoms with Crippen LogP contribution in [0.15, 0.2) is 24.3 Å². The number of ether oxygens (including phenoxy) is 2. The highest BCUT2D eigenvalue weighted by Crippen LogP contribution is 2.35. The van der Waals surface area contributed by atoms with E-state index in [9.17, 15) is 4.79 Å². The molecular weight excluding hydrogens is 404 g/mol. The minimum atomic E-state index is -0.213. The van der Waals surface area contributed by atoms with Crippen molar-refractivity contribution in [3.63, 3.8) is 0 Å². The average molecular weight is 431 g/mol. The van der Waals surface area contributed by atoms with Crippen molar-refractivity contribution >= 4 is 28.6 Å². The minimum Gasteiger partial charge on any atom is -0.497 e. The zero-order chi connectivity index (χ0) is 21.1. The van der Waals surface area contributed by atoms with Crippen molar-refractivity contribution in [3.8, 4) is 22.8 Å². The molecule has 0 saturated carbocycles. The van der Waals surface area contributed by atoms with Gasteiger partial charge in [-0.3, -0.25) is 4.79 Å². The second-order valence-corrected chi connectivity index (χ2v) is 9.65. The SMILES string of the molecule is COc1ccc(OC)c(C(C)NC(=O)Cc2sc(C)nc2-c2cc(C)sc2C)c1. The van der Waals surface area contributed by atoms with E-state index < -0.39 is 0 Å². The van der Waals surface area contributed by atoms with Crippen molar-refractivity contribution in [1.29, 1.82) is 0 Å². The molecule has 1 atom stereocenters. The van der Waals surface area contributed by atoms with Crippen LogP contribution in [0.2, 0.25) is 0 Å². The number of aryl methyl sites for hydroxylation is 3. The van der Waals surface area contributed by atoms with E-state index in [1.807, 2.05) is 32.0 Å². The number of methoxy groups -OCH3 is 2. The lowest BCUT2D eigenvalue weighted by molar-refractivity contribution is -0.121. The Morgan fingerprint density at radius 3 is 2.52 bits per heavy atom. The smallest absolute Gasteiger partial charge is 0.225 e. The lowest BCUT2D eigenvalue weighted by Gasteiger charge is -2.18. The Hall–Kier alpha value is -2.38. The van der Waals surface area contributed by atoms with Gasteiger partial charge in [0, 0.05) is 25.8 Å². The third kappa shape index (κ3) is 4.79. The number of nitrogens with one attached hydrogen (secondary N) is 1. The van der Waals surface area contributed by atoms with Gasteiger partial charge in [-0.25, -0.2) is 4.98 Å². The number of rotatable bonds is 7. The van der Waals surface area contributed by atoms with E-state index >= 15 is 0 Å². The van der Waals surface area contributed by atoms with Gasteiger partial charge in [0.25, 0.3) is 0 Å². The molecule has 0 bridgehead atoms. The molecule has 1 amide bonds. The van der Waals surface area contributed by atoms with E-state index in [1.165, 1.54) is 9.75 Å². The molecular formula is C22H26N2O3S2. The van der Waals surface area contributed by atoms with E-state index in [0.717, 1.165) is 38.2 Å². The third-order valence-corrected chi connectivity index (χ3v) is 6.64. The van der Waals surface area contributed by atoms with Crippen LogP contribution in [0, 0.1) is 20.8 Å². The van der Waals surface area contributed by atoms with Gasteiger partial charge >= 0.3 is 0 Å². The van der Waals surface area contributed by atoms with Crippen LogP contribution in [0.25, 0.3) is 11.3 Å². The van der Waals surface area contributed by atoms with Gasteiger partial charge in [-0.15, -0.1) is 22.7 Å². The van der Waals surface area contributed by atoms with Crippen molar-refractivity contribution < 1.29 is 14.3 Å². The highest BCUT2D eigenvalue weighted by atomic mass is 32.1. The Morgan fingerprint density at radius 2 is 1.90 bits per heavy atom. The van der Waals surface area contributed by atoms with Gasteiger partial charge in [0.1, 0.15) is 11.5 Å². The lowest BCUT2D eigenvalue weighted by atomic mass is 10.1. The van der Waals surface area contributed by atoms with Crippen LogP contribution in [-0.4, -0.2) is 25.1 Å². The predicted molar refractivity (Wildman–Crippen MR) is 119 cm³/mol. The Labute approximate surface area is 179 Å². The quantitative estimate of drug-likeness (QED) is 0.557. The van der Waals surface area contributed by atoms with Crippen LogP contribution in [0.1, 0.15) is 38.2 Å². The van der Waals surface area contributed by atoms with Crippen LogP contribution in [0.4, 0.5) is 0 Å². The van der Waals surface area contributed by atoms with E-state index in [-0.39, 0.29) is 11.9 Å². The van der Waals surface area contributed by atoms with Gasteiger partial charge in [0.15, 0.2) is 0 Å². The van der Waals surface area contributed by atoms with Gasteiger partial charge in [-0.2, -0.15) is 0 Å². The normalized spacial score (nSPS) is 11.9. The van der Waals surface area contributed by atoms with Crippen molar-refractivity contribution in [3.05, 3.63) is 49.5 Å². The highest BCUT2D eigenvalue weighted by Gasteiger charge is 2.20. The number of benzene rings is 1. The van der Waals surface area contributed by atoms with Gasteiger partial charge in [-0.1, -0.05) is 0 Å². The summed E-state index contributed by atoms with van der Waals surface area (Å²) in [6.45, 7) is 8.12. The van der Waals surface area contributed by atoms with Crippen molar-refractivity contribution in [1.82, 2.24) is 10.3 Å². The molecule has 3 aromatic rings. The van der Waals surface area contributed by atoms with E-state index in [2.05, 4.69) is 25.2 Å². The maximum absolute atomic E-state index is 12.8. The molecule has 0 saturated heterocycles. The molecule has 2 aromatic heterocycles. The van der Waals surface area contributed by atoms with Gasteiger partial charge < -0.3 is 14.8 Å². The maximum Gasteiger partial charge on any atom is 0.225 e. The zero-order valence-corrected chi connectivity index (χ0v) is 19.2. The number of hydrogen-bond acceptors (Lipinski definition) is 6. The zero-order valence-electron chi connectivity index (χ0n) is 17.6. The molecule has 3 rings (SSSR count). The first-order chi connectivity index (χ1) is 13.8. The summed E-state index contributed by atoms with van der Waals surface area (Å²) in [4.78, 5) is 21.0. The van der Waals surface area contributed by atoms with Gasteiger partial charge in [-0.05, 0) is 52.0 Å². The Balaban J connectivity index is 1.79. The van der Waals surface area contributed by atoms with Crippen LogP contribution in [0.3, 0.4) is 0 Å². The topological polar surface area (TPSA) is 60.5 Å². The monoisotopic (exact) mass is 430 g/mol. The molecule has 5 nitrogen and oxygen atoms in total. The molecule has 0 radical (unpaired) electrons. The van der Waals surface area contributed by atoms with Crippen LogP contribution < -0.4 is 14.8 Å². The van der Waals surface area contributed by atoms with Crippen molar-refractivity contribution in [2.24, 2.45) is 0 Å². The fourth-order valence-corrected chi connectivity index (χ4v) is 5.23. The molecule has 0 aliphatic heterocycles. The number of thiophene rings is 1. The van der Waals surface area contributed by atoms with Crippen molar-refractivity contribution in [2.75, 3.05) is 14.2 Å². The minimum absolute atomic E-state index is 0.0446. The van der Waals surface area contributed by atoms with Crippen LogP contribution in [-0.2, 0) is 11.2 Å². The third-order valence-electron chi connectivity index (χ3n) is 4.70. The first kappa shape index (κ1) is 21.3. The van der Waals surface area contributed by atoms with Crippen molar-refractivity contribution in [2.45, 2.75) is 40.2 Å². The lowest BCUT2D eigenvalue weighted by Crippen LogP contribution is -2.28. The number of amides is 1. The second-order valence-electron chi connectivity index (χ2n) is 6.91. The van der Waals surface area contributed by atoms with Gasteiger partial charge in [0.2, 0.25) is 5.91 Å². The summed E-state index contributed by atoms with van der Waals surface area (Å²) in [5, 5.41) is 4.05. The first-order valence-electron chi connectivity index (χ1n) is 9.37. The van der Waals surface area contributed by atoms with E-state index in [4.69, 9.17) is 14.5 Å². The number of nitrogens with zero attached hydrogens (tertiary/aromatic N) is 1. The molecule has 1 N–H and O–H groups in total. The summed E-state index contributed by atoms with van der Waals surface area (Å²) < 4.78 is 10.8. The molecule has 29 heavy (non-hydrogen) atoms. The standard InChI is InChI=1S/C22H26N2O3S2/c1-12-9-18(14(3)28-12)22-20(29-15(4)24-22)11-21(25)23-13(2)17-10-16(26-5)7-8-19(17)27-6/h7-10,13H,11H2,1-6H3,(H,23,25). The van der Waals surface area contributed by atoms with Crippen LogP contribution >= 0.6 is 22.7 Å². The molecule has 7 heteroatoms. The second kappa shape index (κ2) is 8.97. The highest BCUT2D eigenvalue weighted by molar-refractivity contribution is 7.13. The molecule has 1 aromatic carbocycles. The number of thiazole rings is 1. The average Bonchev–Trinajstić information content (AvgIpc) is 3.21. The first-order valence-corrected chi connectivity index (χ1v) is 11.0. The number of aromatic nitrogens is 1. The molecule has 0 fully saturated rings. The summed E-state index contributed by atoms with van der Waals surface area (Å²) in [7, 11) is 3.24. The molecule has 0 aliphatic rings. The number of carbonyl (C=O) groups excluding carboxylic acids is 1. The molecule has 2 heterocycles.